The topological polar surface area (TPSA) is 85.2 Å². The van der Waals surface area contributed by atoms with Gasteiger partial charge in [-0.05, 0) is 36.2 Å². The summed E-state index contributed by atoms with van der Waals surface area (Å²) in [6.07, 6.45) is 2.95. The normalized spacial score (nSPS) is 15.0. The second-order valence-corrected chi connectivity index (χ2v) is 7.61. The van der Waals surface area contributed by atoms with Crippen LogP contribution >= 0.6 is 0 Å². The monoisotopic (exact) mass is 442 g/mol. The largest absolute Gasteiger partial charge is 0.494 e. The van der Waals surface area contributed by atoms with Crippen molar-refractivity contribution in [1.82, 2.24) is 20.0 Å². The van der Waals surface area contributed by atoms with E-state index in [4.69, 9.17) is 4.74 Å². The highest BCUT2D eigenvalue weighted by Crippen LogP contribution is 2.29. The molecule has 1 amide bonds. The minimum Gasteiger partial charge on any atom is -0.494 e. The summed E-state index contributed by atoms with van der Waals surface area (Å²) in [6, 6.07) is 11.0. The van der Waals surface area contributed by atoms with Crippen molar-refractivity contribution in [2.75, 3.05) is 29.9 Å². The molecule has 1 aliphatic heterocycles. The molecular weight excluding hydrogens is 418 g/mol. The number of anilines is 2. The number of ether oxygens (including phenoxy) is 1. The summed E-state index contributed by atoms with van der Waals surface area (Å²) in [4.78, 5) is 19.6. The van der Waals surface area contributed by atoms with Gasteiger partial charge in [-0.15, -0.1) is 5.10 Å². The van der Waals surface area contributed by atoms with E-state index in [9.17, 15) is 13.6 Å². The van der Waals surface area contributed by atoms with Crippen LogP contribution in [-0.4, -0.2) is 51.5 Å². The Morgan fingerprint density at radius 1 is 1.16 bits per heavy atom. The lowest BCUT2D eigenvalue weighted by molar-refractivity contribution is -0.115. The van der Waals surface area contributed by atoms with Crippen LogP contribution in [-0.2, 0) is 17.8 Å². The van der Waals surface area contributed by atoms with Crippen LogP contribution < -0.4 is 15.0 Å². The van der Waals surface area contributed by atoms with Gasteiger partial charge in [0.25, 0.3) is 5.92 Å². The third kappa shape index (κ3) is 5.57. The zero-order chi connectivity index (χ0) is 22.6. The number of hydrogen-bond acceptors (Lipinski definition) is 6. The van der Waals surface area contributed by atoms with Gasteiger partial charge in [0.05, 0.1) is 32.3 Å². The number of hydrogen-bond donors (Lipinski definition) is 1. The van der Waals surface area contributed by atoms with E-state index in [0.29, 0.717) is 30.4 Å². The van der Waals surface area contributed by atoms with Crippen molar-refractivity contribution >= 4 is 17.5 Å². The van der Waals surface area contributed by atoms with Gasteiger partial charge in [0, 0.05) is 19.2 Å². The number of nitrogens with zero attached hydrogens (tertiary/aromatic N) is 5. The van der Waals surface area contributed by atoms with Gasteiger partial charge in [0.15, 0.2) is 5.82 Å². The average Bonchev–Trinajstić information content (AvgIpc) is 3.35. The van der Waals surface area contributed by atoms with Gasteiger partial charge in [-0.2, -0.15) is 9.90 Å². The average molecular weight is 442 g/mol. The van der Waals surface area contributed by atoms with Crippen LogP contribution in [0.4, 0.5) is 20.4 Å². The molecule has 2 aromatic heterocycles. The van der Waals surface area contributed by atoms with Crippen LogP contribution in [0.25, 0.3) is 0 Å². The van der Waals surface area contributed by atoms with Crippen LogP contribution in [0.5, 0.6) is 5.75 Å². The first-order valence-electron chi connectivity index (χ1n) is 10.4. The van der Waals surface area contributed by atoms with E-state index in [1.165, 1.54) is 17.2 Å². The molecule has 1 aliphatic rings. The van der Waals surface area contributed by atoms with E-state index >= 15 is 0 Å². The Bertz CT molecular complexity index is 1050. The molecule has 1 aromatic carbocycles. The Hall–Kier alpha value is -3.56. The molecule has 1 saturated heterocycles. The number of benzene rings is 1. The molecule has 3 heterocycles. The van der Waals surface area contributed by atoms with E-state index in [-0.39, 0.29) is 31.8 Å². The fraction of sp³-hybridized carbons (Fsp3) is 0.364. The molecule has 1 fully saturated rings. The number of rotatable bonds is 8. The van der Waals surface area contributed by atoms with Gasteiger partial charge in [0.2, 0.25) is 5.91 Å². The standard InChI is InChI=1S/C22H24F2N6O2/c1-2-32-18-6-3-16(4-7-18)14-30-26-13-19(28-30)27-21(31)11-17-5-8-20(25-12-17)29-10-9-22(23,24)15-29/h3-8,12-13H,2,9-11,14-15H2,1H3,(H,27,28,31). The third-order valence-corrected chi connectivity index (χ3v) is 5.03. The van der Waals surface area contributed by atoms with Crippen molar-refractivity contribution in [3.63, 3.8) is 0 Å². The molecule has 0 spiro atoms. The molecule has 8 nitrogen and oxygen atoms in total. The zero-order valence-corrected chi connectivity index (χ0v) is 17.7. The Balaban J connectivity index is 1.28. The number of carbonyl (C=O) groups excluding carboxylic acids is 1. The maximum absolute atomic E-state index is 13.4. The number of carbonyl (C=O) groups is 1. The number of halogens is 2. The third-order valence-electron chi connectivity index (χ3n) is 5.03. The van der Waals surface area contributed by atoms with Crippen molar-refractivity contribution in [2.45, 2.75) is 32.2 Å². The van der Waals surface area contributed by atoms with Gasteiger partial charge >= 0.3 is 0 Å². The lowest BCUT2D eigenvalue weighted by atomic mass is 10.2. The number of nitrogens with one attached hydrogen (secondary N) is 1. The second kappa shape index (κ2) is 9.29. The van der Waals surface area contributed by atoms with Crippen molar-refractivity contribution in [3.05, 3.63) is 59.9 Å². The van der Waals surface area contributed by atoms with E-state index < -0.39 is 5.92 Å². The van der Waals surface area contributed by atoms with E-state index in [1.807, 2.05) is 31.2 Å². The van der Waals surface area contributed by atoms with E-state index in [0.717, 1.165) is 11.3 Å². The smallest absolute Gasteiger partial charge is 0.266 e. The van der Waals surface area contributed by atoms with Crippen molar-refractivity contribution in [2.24, 2.45) is 0 Å². The summed E-state index contributed by atoms with van der Waals surface area (Å²) in [5, 5.41) is 11.2. The molecule has 0 aliphatic carbocycles. The molecule has 168 valence electrons. The summed E-state index contributed by atoms with van der Waals surface area (Å²) >= 11 is 0. The SMILES string of the molecule is CCOc1ccc(Cn2ncc(NC(=O)Cc3ccc(N4CCC(F)(F)C4)nc3)n2)cc1. The fourth-order valence-electron chi connectivity index (χ4n) is 3.46. The number of amides is 1. The van der Waals surface area contributed by atoms with Crippen LogP contribution in [0, 0.1) is 0 Å². The van der Waals surface area contributed by atoms with Crippen LogP contribution in [0.2, 0.25) is 0 Å². The molecule has 4 rings (SSSR count). The quantitative estimate of drug-likeness (QED) is 0.577. The molecule has 0 atom stereocenters. The predicted octanol–water partition coefficient (Wildman–Crippen LogP) is 3.15. The molecule has 0 unspecified atom stereocenters. The highest BCUT2D eigenvalue weighted by atomic mass is 19.3. The second-order valence-electron chi connectivity index (χ2n) is 7.61. The molecule has 10 heteroatoms. The lowest BCUT2D eigenvalue weighted by Gasteiger charge is -2.17. The number of alkyl halides is 2. The van der Waals surface area contributed by atoms with Crippen LogP contribution in [0.1, 0.15) is 24.5 Å². The molecule has 1 N–H and O–H groups in total. The van der Waals surface area contributed by atoms with E-state index in [1.54, 1.807) is 17.0 Å². The minimum absolute atomic E-state index is 0.0925. The van der Waals surface area contributed by atoms with Gasteiger partial charge in [-0.1, -0.05) is 18.2 Å². The molecule has 3 aromatic rings. The molecule has 32 heavy (non-hydrogen) atoms. The number of aromatic nitrogens is 4. The van der Waals surface area contributed by atoms with Gasteiger partial charge in [0.1, 0.15) is 11.6 Å². The Morgan fingerprint density at radius 2 is 1.94 bits per heavy atom. The van der Waals surface area contributed by atoms with Gasteiger partial charge in [-0.3, -0.25) is 4.79 Å². The minimum atomic E-state index is -2.68. The summed E-state index contributed by atoms with van der Waals surface area (Å²) in [6.45, 7) is 2.95. The van der Waals surface area contributed by atoms with Crippen LogP contribution in [0.3, 0.4) is 0 Å². The highest BCUT2D eigenvalue weighted by molar-refractivity contribution is 5.91. The summed E-state index contributed by atoms with van der Waals surface area (Å²) in [5.41, 5.74) is 1.68. The lowest BCUT2D eigenvalue weighted by Crippen LogP contribution is -2.25. The summed E-state index contributed by atoms with van der Waals surface area (Å²) in [5.74, 6) is -1.29. The van der Waals surface area contributed by atoms with Crippen molar-refractivity contribution < 1.29 is 18.3 Å². The Morgan fingerprint density at radius 3 is 2.59 bits per heavy atom. The summed E-state index contributed by atoms with van der Waals surface area (Å²) < 4.78 is 32.2. The van der Waals surface area contributed by atoms with Crippen molar-refractivity contribution in [1.29, 1.82) is 0 Å². The predicted molar refractivity (Wildman–Crippen MR) is 115 cm³/mol. The molecule has 0 bridgehead atoms. The summed E-state index contributed by atoms with van der Waals surface area (Å²) in [7, 11) is 0. The van der Waals surface area contributed by atoms with Gasteiger partial charge < -0.3 is 15.0 Å². The first kappa shape index (κ1) is 21.7. The highest BCUT2D eigenvalue weighted by Gasteiger charge is 2.38. The number of pyridine rings is 1. The Labute approximate surface area is 184 Å². The fourth-order valence-corrected chi connectivity index (χ4v) is 3.46. The first-order chi connectivity index (χ1) is 15.4. The molecule has 0 radical (unpaired) electrons. The maximum Gasteiger partial charge on any atom is 0.266 e. The molecule has 0 saturated carbocycles. The maximum atomic E-state index is 13.4. The van der Waals surface area contributed by atoms with Crippen molar-refractivity contribution in [3.8, 4) is 5.75 Å². The van der Waals surface area contributed by atoms with E-state index in [2.05, 4.69) is 20.5 Å². The van der Waals surface area contributed by atoms with Gasteiger partial charge in [-0.25, -0.2) is 13.8 Å². The Kier molecular flexibility index (Phi) is 6.29. The zero-order valence-electron chi connectivity index (χ0n) is 17.7. The molecular formula is C22H24F2N6O2. The first-order valence-corrected chi connectivity index (χ1v) is 10.4. The van der Waals surface area contributed by atoms with Crippen LogP contribution in [0.15, 0.2) is 48.8 Å².